The first-order valence-corrected chi connectivity index (χ1v) is 21.8. The highest BCUT2D eigenvalue weighted by molar-refractivity contribution is 7.26. The maximum Gasteiger partial charge on any atom is 0.0714 e. The fourth-order valence-corrected chi connectivity index (χ4v) is 11.4. The number of hydrogen-bond acceptors (Lipinski definition) is 2. The van der Waals surface area contributed by atoms with Crippen LogP contribution in [0.2, 0.25) is 0 Å². The number of anilines is 3. The lowest BCUT2D eigenvalue weighted by Gasteiger charge is -2.34. The number of thiophene rings is 1. The number of hydrogen-bond donors (Lipinski definition) is 0. The molecule has 0 saturated carbocycles. The summed E-state index contributed by atoms with van der Waals surface area (Å²) in [5.41, 5.74) is 15.4. The lowest BCUT2D eigenvalue weighted by atomic mass is 9.68. The van der Waals surface area contributed by atoms with Crippen molar-refractivity contribution in [3.63, 3.8) is 0 Å². The van der Waals surface area contributed by atoms with Crippen LogP contribution in [0.25, 0.3) is 64.3 Å². The first kappa shape index (κ1) is 35.4. The third kappa shape index (κ3) is 5.46. The number of nitrogens with zero attached hydrogens (tertiary/aromatic N) is 1. The monoisotopic (exact) mass is 793 g/mol. The minimum absolute atomic E-state index is 0.528. The molecule has 0 fully saturated rings. The molecular weight excluding hydrogens is 755 g/mol. The highest BCUT2D eigenvalue weighted by atomic mass is 32.1. The largest absolute Gasteiger partial charge is 0.309 e. The molecule has 0 unspecified atom stereocenters. The van der Waals surface area contributed by atoms with Gasteiger partial charge >= 0.3 is 0 Å². The molecule has 1 nitrogen and oxygen atoms in total. The molecule has 1 aliphatic carbocycles. The van der Waals surface area contributed by atoms with Crippen molar-refractivity contribution in [3.8, 4) is 33.4 Å². The van der Waals surface area contributed by atoms with Crippen LogP contribution >= 0.6 is 11.3 Å². The quantitative estimate of drug-likeness (QED) is 0.155. The second-order valence-corrected chi connectivity index (χ2v) is 17.0. The topological polar surface area (TPSA) is 3.24 Å². The van der Waals surface area contributed by atoms with E-state index in [0.29, 0.717) is 0 Å². The summed E-state index contributed by atoms with van der Waals surface area (Å²) >= 11 is 1.89. The van der Waals surface area contributed by atoms with Gasteiger partial charge in [0, 0.05) is 31.3 Å². The van der Waals surface area contributed by atoms with Gasteiger partial charge < -0.3 is 4.90 Å². The van der Waals surface area contributed by atoms with Gasteiger partial charge in [-0.15, -0.1) is 11.3 Å². The van der Waals surface area contributed by atoms with Gasteiger partial charge in [-0.2, -0.15) is 0 Å². The molecule has 0 spiro atoms. The van der Waals surface area contributed by atoms with E-state index >= 15 is 0 Å². The maximum absolute atomic E-state index is 2.58. The molecule has 11 aromatic rings. The van der Waals surface area contributed by atoms with Crippen LogP contribution in [0.3, 0.4) is 0 Å². The van der Waals surface area contributed by atoms with Crippen molar-refractivity contribution in [1.29, 1.82) is 0 Å². The third-order valence-electron chi connectivity index (χ3n) is 12.7. The van der Waals surface area contributed by atoms with Gasteiger partial charge in [0.15, 0.2) is 0 Å². The number of benzene rings is 10. The van der Waals surface area contributed by atoms with Crippen LogP contribution < -0.4 is 4.90 Å². The Hall–Kier alpha value is -7.52. The number of rotatable bonds is 7. The fourth-order valence-electron chi connectivity index (χ4n) is 10.2. The standard InChI is InChI=1S/C59H39NS/c1-4-20-41(21-5-1)47-29-16-30-49-57-54(35-18-36-55(57)61-58(47)49)60(52-33-15-13-27-46(52)43-38-37-40-19-10-11-22-42(40)39-43)53-34-17-32-51-56(53)48-28-12-14-31-50(48)59(51,44-23-6-2-7-24-44)45-25-8-3-9-26-45/h1-39H. The van der Waals surface area contributed by atoms with Gasteiger partial charge in [-0.25, -0.2) is 0 Å². The van der Waals surface area contributed by atoms with E-state index in [9.17, 15) is 0 Å². The summed E-state index contributed by atoms with van der Waals surface area (Å²) in [5, 5.41) is 4.99. The summed E-state index contributed by atoms with van der Waals surface area (Å²) in [5.74, 6) is 0. The first-order chi connectivity index (χ1) is 30.3. The highest BCUT2D eigenvalue weighted by Gasteiger charge is 2.47. The van der Waals surface area contributed by atoms with Crippen molar-refractivity contribution in [2.75, 3.05) is 4.90 Å². The number of fused-ring (bicyclic) bond motifs is 7. The molecule has 0 saturated heterocycles. The van der Waals surface area contributed by atoms with Gasteiger partial charge in [0.05, 0.1) is 22.5 Å². The summed E-state index contributed by atoms with van der Waals surface area (Å²) in [4.78, 5) is 2.58. The highest BCUT2D eigenvalue weighted by Crippen LogP contribution is 2.60. The van der Waals surface area contributed by atoms with E-state index < -0.39 is 5.41 Å². The lowest BCUT2D eigenvalue weighted by molar-refractivity contribution is 0.768. The van der Waals surface area contributed by atoms with Crippen molar-refractivity contribution in [2.45, 2.75) is 5.41 Å². The molecule has 10 aromatic carbocycles. The van der Waals surface area contributed by atoms with E-state index in [1.165, 1.54) is 86.6 Å². The zero-order valence-corrected chi connectivity index (χ0v) is 34.2. The van der Waals surface area contributed by atoms with Crippen molar-refractivity contribution in [1.82, 2.24) is 0 Å². The van der Waals surface area contributed by atoms with E-state index in [1.807, 2.05) is 11.3 Å². The molecule has 1 heterocycles. The summed E-state index contributed by atoms with van der Waals surface area (Å²) in [6.45, 7) is 0. The average molecular weight is 794 g/mol. The molecule has 0 radical (unpaired) electrons. The van der Waals surface area contributed by atoms with Gasteiger partial charge in [0.25, 0.3) is 0 Å². The average Bonchev–Trinajstić information content (AvgIpc) is 3.88. The normalized spacial score (nSPS) is 12.7. The minimum Gasteiger partial charge on any atom is -0.309 e. The SMILES string of the molecule is c1ccc(-c2cccc3c2sc2cccc(N(c4ccccc4-c4ccc5ccccc5c4)c4cccc5c4-c4ccccc4C5(c4ccccc4)c4ccccc4)c23)cc1. The molecule has 1 aromatic heterocycles. The molecule has 2 heteroatoms. The van der Waals surface area contributed by atoms with Gasteiger partial charge in [-0.1, -0.05) is 206 Å². The van der Waals surface area contributed by atoms with E-state index in [2.05, 4.69) is 241 Å². The second kappa shape index (κ2) is 14.3. The predicted octanol–water partition coefficient (Wildman–Crippen LogP) is 16.4. The van der Waals surface area contributed by atoms with Gasteiger partial charge in [0.1, 0.15) is 0 Å². The van der Waals surface area contributed by atoms with E-state index in [4.69, 9.17) is 0 Å². The van der Waals surface area contributed by atoms with Crippen LogP contribution in [0.4, 0.5) is 17.1 Å². The van der Waals surface area contributed by atoms with Crippen LogP contribution in [-0.4, -0.2) is 0 Å². The summed E-state index contributed by atoms with van der Waals surface area (Å²) in [6, 6.07) is 87.4. The number of para-hydroxylation sites is 1. The third-order valence-corrected chi connectivity index (χ3v) is 13.9. The summed E-state index contributed by atoms with van der Waals surface area (Å²) in [7, 11) is 0. The molecule has 61 heavy (non-hydrogen) atoms. The van der Waals surface area contributed by atoms with E-state index in [0.717, 1.165) is 17.1 Å². The predicted molar refractivity (Wildman–Crippen MR) is 260 cm³/mol. The van der Waals surface area contributed by atoms with Gasteiger partial charge in [0.2, 0.25) is 0 Å². The van der Waals surface area contributed by atoms with Crippen molar-refractivity contribution >= 4 is 59.3 Å². The Morgan fingerprint density at radius 1 is 0.361 bits per heavy atom. The zero-order chi connectivity index (χ0) is 40.3. The smallest absolute Gasteiger partial charge is 0.0714 e. The lowest BCUT2D eigenvalue weighted by Crippen LogP contribution is -2.28. The Morgan fingerprint density at radius 3 is 1.72 bits per heavy atom. The van der Waals surface area contributed by atoms with Crippen molar-refractivity contribution in [2.24, 2.45) is 0 Å². The maximum atomic E-state index is 2.58. The molecule has 0 aliphatic heterocycles. The molecule has 12 rings (SSSR count). The van der Waals surface area contributed by atoms with Crippen LogP contribution in [0.15, 0.2) is 237 Å². The van der Waals surface area contributed by atoms with Crippen LogP contribution in [0.5, 0.6) is 0 Å². The molecular formula is C59H39NS. The summed E-state index contributed by atoms with van der Waals surface area (Å²) in [6.07, 6.45) is 0. The van der Waals surface area contributed by atoms with E-state index in [1.54, 1.807) is 0 Å². The Labute approximate surface area is 360 Å². The van der Waals surface area contributed by atoms with Crippen LogP contribution in [0.1, 0.15) is 22.3 Å². The Morgan fingerprint density at radius 2 is 0.934 bits per heavy atom. The zero-order valence-electron chi connectivity index (χ0n) is 33.4. The molecule has 1 aliphatic rings. The van der Waals surface area contributed by atoms with Gasteiger partial charge in [-0.3, -0.25) is 0 Å². The Bertz CT molecular complexity index is 3380. The first-order valence-electron chi connectivity index (χ1n) is 21.0. The molecule has 0 atom stereocenters. The van der Waals surface area contributed by atoms with Crippen molar-refractivity contribution in [3.05, 3.63) is 259 Å². The fraction of sp³-hybridized carbons (Fsp3) is 0.0169. The molecule has 0 bridgehead atoms. The molecule has 286 valence electrons. The molecule has 0 N–H and O–H groups in total. The van der Waals surface area contributed by atoms with Gasteiger partial charge in [-0.05, 0) is 85.6 Å². The van der Waals surface area contributed by atoms with Crippen LogP contribution in [0, 0.1) is 0 Å². The second-order valence-electron chi connectivity index (χ2n) is 15.9. The van der Waals surface area contributed by atoms with E-state index in [-0.39, 0.29) is 0 Å². The minimum atomic E-state index is -0.528. The Balaban J connectivity index is 1.20. The Kier molecular flexibility index (Phi) is 8.33. The van der Waals surface area contributed by atoms with Crippen LogP contribution in [-0.2, 0) is 5.41 Å². The summed E-state index contributed by atoms with van der Waals surface area (Å²) < 4.78 is 2.56. The molecule has 0 amide bonds. The van der Waals surface area contributed by atoms with Crippen molar-refractivity contribution < 1.29 is 0 Å².